The molecule has 0 fully saturated rings. The van der Waals surface area contributed by atoms with Crippen molar-refractivity contribution >= 4 is 43.9 Å². The molecule has 0 spiro atoms. The third kappa shape index (κ3) is 4.38. The molecule has 0 unspecified atom stereocenters. The summed E-state index contributed by atoms with van der Waals surface area (Å²) in [7, 11) is 0. The molecule has 5 aromatic carbocycles. The molecular weight excluding hydrogens is 574 g/mol. The lowest BCUT2D eigenvalue weighted by Gasteiger charge is -2.19. The van der Waals surface area contributed by atoms with Gasteiger partial charge < -0.3 is 0 Å². The zero-order valence-corrected chi connectivity index (χ0v) is 26.6. The van der Waals surface area contributed by atoms with E-state index in [2.05, 4.69) is 182 Å². The molecule has 0 atom stereocenters. The van der Waals surface area contributed by atoms with Gasteiger partial charge in [0.25, 0.3) is 6.33 Å². The normalized spacial score (nSPS) is 12.1. The molecule has 4 aromatic heterocycles. The van der Waals surface area contributed by atoms with Gasteiger partial charge in [-0.2, -0.15) is 0 Å². The minimum absolute atomic E-state index is 0.116. The van der Waals surface area contributed by atoms with Gasteiger partial charge in [-0.15, -0.1) is 0 Å². The number of nitrogens with zero attached hydrogens (tertiary/aromatic N) is 5. The number of hydrogen-bond acceptors (Lipinski definition) is 1. The molecule has 0 bridgehead atoms. The van der Waals surface area contributed by atoms with E-state index in [-0.39, 0.29) is 5.41 Å². The van der Waals surface area contributed by atoms with Gasteiger partial charge in [0.15, 0.2) is 0 Å². The van der Waals surface area contributed by atoms with Crippen molar-refractivity contribution in [3.8, 4) is 22.7 Å². The van der Waals surface area contributed by atoms with Crippen LogP contribution in [0.25, 0.3) is 66.6 Å². The van der Waals surface area contributed by atoms with Gasteiger partial charge in [0.1, 0.15) is 11.3 Å². The molecule has 0 aliphatic heterocycles. The molecule has 0 saturated heterocycles. The van der Waals surface area contributed by atoms with Crippen LogP contribution in [0, 0.1) is 6.33 Å². The zero-order chi connectivity index (χ0) is 31.7. The molecule has 0 saturated carbocycles. The van der Waals surface area contributed by atoms with Crippen molar-refractivity contribution in [2.45, 2.75) is 26.2 Å². The van der Waals surface area contributed by atoms with Crippen LogP contribution in [0.15, 0.2) is 146 Å². The van der Waals surface area contributed by atoms with Crippen LogP contribution in [0.2, 0.25) is 0 Å². The molecule has 0 N–H and O–H groups in total. The molecule has 0 aliphatic rings. The average Bonchev–Trinajstić information content (AvgIpc) is 3.81. The van der Waals surface area contributed by atoms with Crippen molar-refractivity contribution in [3.63, 3.8) is 0 Å². The van der Waals surface area contributed by atoms with Gasteiger partial charge in [0.05, 0.1) is 22.4 Å². The van der Waals surface area contributed by atoms with Crippen molar-refractivity contribution in [2.75, 3.05) is 0 Å². The number of rotatable bonds is 4. The smallest absolute Gasteiger partial charge is 0.268 e. The second kappa shape index (κ2) is 10.3. The number of pyridine rings is 1. The summed E-state index contributed by atoms with van der Waals surface area (Å²) in [6.45, 7) is 6.72. The second-order valence-corrected chi connectivity index (χ2v) is 13.2. The fourth-order valence-electron chi connectivity index (χ4n) is 6.86. The highest BCUT2D eigenvalue weighted by Crippen LogP contribution is 2.37. The Balaban J connectivity index is 1.22. The Bertz CT molecular complexity index is 2590. The van der Waals surface area contributed by atoms with Crippen LogP contribution in [-0.4, -0.2) is 18.7 Å². The number of benzene rings is 5. The second-order valence-electron chi connectivity index (χ2n) is 13.2. The Labute approximate surface area is 273 Å². The van der Waals surface area contributed by atoms with Gasteiger partial charge in [0.2, 0.25) is 0 Å². The van der Waals surface area contributed by atoms with Crippen molar-refractivity contribution in [1.82, 2.24) is 18.7 Å². The van der Waals surface area contributed by atoms with E-state index >= 15 is 0 Å². The number of imidazole rings is 1. The topological polar surface area (TPSA) is 31.6 Å². The molecule has 4 heterocycles. The molecule has 226 valence electrons. The highest BCUT2D eigenvalue weighted by molar-refractivity contribution is 6.16. The summed E-state index contributed by atoms with van der Waals surface area (Å²) in [5, 5.41) is 4.67. The summed E-state index contributed by atoms with van der Waals surface area (Å²) >= 11 is 0. The molecular formula is C42H33N5. The Morgan fingerprint density at radius 2 is 1.13 bits per heavy atom. The first-order chi connectivity index (χ1) is 22.9. The number of hydrogen-bond donors (Lipinski definition) is 0. The van der Waals surface area contributed by atoms with E-state index in [1.807, 2.05) is 9.13 Å². The molecule has 0 radical (unpaired) electrons. The minimum atomic E-state index is 0.116. The number of para-hydroxylation sites is 3. The Morgan fingerprint density at radius 1 is 0.553 bits per heavy atom. The highest BCUT2D eigenvalue weighted by Gasteiger charge is 2.20. The van der Waals surface area contributed by atoms with Gasteiger partial charge in [0, 0.05) is 45.3 Å². The summed E-state index contributed by atoms with van der Waals surface area (Å²) in [5.74, 6) is 0. The van der Waals surface area contributed by atoms with Crippen molar-refractivity contribution < 1.29 is 4.57 Å². The van der Waals surface area contributed by atoms with E-state index in [4.69, 9.17) is 4.98 Å². The first kappa shape index (κ1) is 27.4. The van der Waals surface area contributed by atoms with Crippen LogP contribution in [-0.2, 0) is 5.41 Å². The largest absolute Gasteiger partial charge is 0.299 e. The Kier molecular flexibility index (Phi) is 6.00. The van der Waals surface area contributed by atoms with Crippen molar-refractivity contribution in [2.24, 2.45) is 0 Å². The molecule has 9 aromatic rings. The van der Waals surface area contributed by atoms with Crippen LogP contribution < -0.4 is 4.57 Å². The molecule has 9 rings (SSSR count). The monoisotopic (exact) mass is 607 g/mol. The molecule has 0 aliphatic carbocycles. The standard InChI is InChI=1S/C42H33N5/c1-42(2,3)29-20-22-30(23-21-29)44-24-25-45(28-44)32-14-11-15-33(26-32)47-39-19-10-8-17-35(39)37-27-36-34-16-7-9-18-38(34)46(40(36)43-41(37)47)31-12-5-4-6-13-31/h4-27H,1-3H3. The quantitative estimate of drug-likeness (QED) is 0.145. The van der Waals surface area contributed by atoms with Gasteiger partial charge in [-0.3, -0.25) is 18.3 Å². The van der Waals surface area contributed by atoms with E-state index in [9.17, 15) is 0 Å². The maximum Gasteiger partial charge on any atom is 0.268 e. The van der Waals surface area contributed by atoms with E-state index in [1.165, 1.54) is 16.3 Å². The van der Waals surface area contributed by atoms with E-state index in [0.717, 1.165) is 55.8 Å². The van der Waals surface area contributed by atoms with Crippen LogP contribution in [0.3, 0.4) is 0 Å². The fourth-order valence-corrected chi connectivity index (χ4v) is 6.86. The number of aromatic nitrogens is 5. The van der Waals surface area contributed by atoms with E-state index < -0.39 is 0 Å². The van der Waals surface area contributed by atoms with Crippen molar-refractivity contribution in [3.05, 3.63) is 158 Å². The zero-order valence-electron chi connectivity index (χ0n) is 26.6. The fraction of sp³-hybridized carbons (Fsp3) is 0.0952. The third-order valence-corrected chi connectivity index (χ3v) is 9.25. The van der Waals surface area contributed by atoms with Gasteiger partial charge in [-0.25, -0.2) is 4.98 Å². The summed E-state index contributed by atoms with van der Waals surface area (Å²) in [4.78, 5) is 5.48. The maximum atomic E-state index is 5.48. The maximum absolute atomic E-state index is 5.48. The van der Waals surface area contributed by atoms with E-state index in [0.29, 0.717) is 0 Å². The van der Waals surface area contributed by atoms with E-state index in [1.54, 1.807) is 0 Å². The van der Waals surface area contributed by atoms with Gasteiger partial charge in [-0.1, -0.05) is 93.6 Å². The third-order valence-electron chi connectivity index (χ3n) is 9.25. The summed E-state index contributed by atoms with van der Waals surface area (Å²) in [5.41, 5.74) is 9.84. The first-order valence-corrected chi connectivity index (χ1v) is 16.1. The van der Waals surface area contributed by atoms with Crippen LogP contribution in [0.4, 0.5) is 0 Å². The molecule has 5 nitrogen and oxygen atoms in total. The predicted octanol–water partition coefficient (Wildman–Crippen LogP) is 9.44. The minimum Gasteiger partial charge on any atom is -0.299 e. The Hall–Kier alpha value is -5.94. The Morgan fingerprint density at radius 3 is 1.79 bits per heavy atom. The SMILES string of the molecule is CC(C)(C)c1ccc(-[n+]2[c-]n(-c3cccc(-n4c5ccccc5c5cc6c7ccccc7n(-c7ccccc7)c6nc54)c3)cc2)cc1. The predicted molar refractivity (Wildman–Crippen MR) is 191 cm³/mol. The molecule has 0 amide bonds. The molecule has 47 heavy (non-hydrogen) atoms. The van der Waals surface area contributed by atoms with Crippen LogP contribution in [0.5, 0.6) is 0 Å². The van der Waals surface area contributed by atoms with Crippen molar-refractivity contribution in [1.29, 1.82) is 0 Å². The summed E-state index contributed by atoms with van der Waals surface area (Å²) in [6.07, 6.45) is 7.63. The lowest BCUT2D eigenvalue weighted by atomic mass is 9.87. The summed E-state index contributed by atoms with van der Waals surface area (Å²) < 4.78 is 8.67. The first-order valence-electron chi connectivity index (χ1n) is 16.1. The lowest BCUT2D eigenvalue weighted by molar-refractivity contribution is -0.599. The highest BCUT2D eigenvalue weighted by atomic mass is 15.1. The number of fused-ring (bicyclic) bond motifs is 6. The average molecular weight is 608 g/mol. The molecule has 5 heteroatoms. The lowest BCUT2D eigenvalue weighted by Crippen LogP contribution is -2.28. The van der Waals surface area contributed by atoms with Gasteiger partial charge in [-0.05, 0) is 71.6 Å². The summed E-state index contributed by atoms with van der Waals surface area (Å²) in [6, 6.07) is 47.4. The van der Waals surface area contributed by atoms with Gasteiger partial charge >= 0.3 is 0 Å². The van der Waals surface area contributed by atoms with Crippen LogP contribution >= 0.6 is 0 Å². The van der Waals surface area contributed by atoms with Crippen LogP contribution in [0.1, 0.15) is 26.3 Å².